The maximum absolute atomic E-state index is 13.0. The standard InChI is InChI=1S/C15H20FIN2O3/c1-15(2,3)22-14(21)19-8-4-7-18-13(20)11-6-5-10(16)9-12(11)17/h5-6,9H,4,7-8H2,1-3H3,(H,18,20)(H,19,21). The first-order chi connectivity index (χ1) is 10.2. The molecular formula is C15H20FIN2O3. The zero-order chi connectivity index (χ0) is 16.8. The monoisotopic (exact) mass is 422 g/mol. The van der Waals surface area contributed by atoms with Crippen molar-refractivity contribution in [3.05, 3.63) is 33.1 Å². The number of alkyl carbamates (subject to hydrolysis) is 1. The van der Waals surface area contributed by atoms with E-state index >= 15 is 0 Å². The number of halogens is 2. The van der Waals surface area contributed by atoms with Crippen molar-refractivity contribution in [2.75, 3.05) is 13.1 Å². The smallest absolute Gasteiger partial charge is 0.407 e. The minimum absolute atomic E-state index is 0.262. The van der Waals surface area contributed by atoms with E-state index in [4.69, 9.17) is 4.74 Å². The minimum atomic E-state index is -0.530. The fourth-order valence-corrected chi connectivity index (χ4v) is 2.29. The summed E-state index contributed by atoms with van der Waals surface area (Å²) < 4.78 is 18.6. The molecule has 0 saturated heterocycles. The molecule has 7 heteroatoms. The lowest BCUT2D eigenvalue weighted by Gasteiger charge is -2.19. The van der Waals surface area contributed by atoms with Gasteiger partial charge in [0, 0.05) is 16.7 Å². The molecule has 122 valence electrons. The van der Waals surface area contributed by atoms with Crippen LogP contribution in [0.4, 0.5) is 9.18 Å². The number of amides is 2. The predicted octanol–water partition coefficient (Wildman–Crippen LogP) is 3.07. The largest absolute Gasteiger partial charge is 0.444 e. The fraction of sp³-hybridized carbons (Fsp3) is 0.467. The van der Waals surface area contributed by atoms with E-state index in [0.29, 0.717) is 28.6 Å². The van der Waals surface area contributed by atoms with Crippen LogP contribution in [0.15, 0.2) is 18.2 Å². The maximum Gasteiger partial charge on any atom is 0.407 e. The van der Waals surface area contributed by atoms with Crippen molar-refractivity contribution in [3.63, 3.8) is 0 Å². The molecule has 5 nitrogen and oxygen atoms in total. The van der Waals surface area contributed by atoms with Gasteiger partial charge in [-0.15, -0.1) is 0 Å². The summed E-state index contributed by atoms with van der Waals surface area (Å²) >= 11 is 1.92. The lowest BCUT2D eigenvalue weighted by atomic mass is 10.2. The van der Waals surface area contributed by atoms with E-state index < -0.39 is 11.7 Å². The average Bonchev–Trinajstić information content (AvgIpc) is 2.35. The average molecular weight is 422 g/mol. The van der Waals surface area contributed by atoms with Crippen LogP contribution in [-0.2, 0) is 4.74 Å². The molecule has 0 radical (unpaired) electrons. The Morgan fingerprint density at radius 1 is 1.23 bits per heavy atom. The van der Waals surface area contributed by atoms with E-state index in [1.165, 1.54) is 18.2 Å². The summed E-state index contributed by atoms with van der Waals surface area (Å²) in [6.45, 7) is 6.17. The maximum atomic E-state index is 13.0. The summed E-state index contributed by atoms with van der Waals surface area (Å²) in [7, 11) is 0. The Kier molecular flexibility index (Phi) is 7.05. The third-order valence-corrected chi connectivity index (χ3v) is 3.38. The topological polar surface area (TPSA) is 67.4 Å². The SMILES string of the molecule is CC(C)(C)OC(=O)NCCCNC(=O)c1ccc(F)cc1I. The molecule has 0 aliphatic carbocycles. The molecule has 0 aliphatic rings. The Balaban J connectivity index is 2.27. The van der Waals surface area contributed by atoms with Gasteiger partial charge in [-0.25, -0.2) is 9.18 Å². The van der Waals surface area contributed by atoms with E-state index in [0.717, 1.165) is 0 Å². The van der Waals surface area contributed by atoms with E-state index in [9.17, 15) is 14.0 Å². The molecule has 0 saturated carbocycles. The lowest BCUT2D eigenvalue weighted by molar-refractivity contribution is 0.0527. The Morgan fingerprint density at radius 3 is 2.45 bits per heavy atom. The molecule has 0 atom stereocenters. The van der Waals surface area contributed by atoms with Gasteiger partial charge in [0.05, 0.1) is 5.56 Å². The highest BCUT2D eigenvalue weighted by molar-refractivity contribution is 14.1. The minimum Gasteiger partial charge on any atom is -0.444 e. The number of hydrogen-bond donors (Lipinski definition) is 2. The van der Waals surface area contributed by atoms with Crippen molar-refractivity contribution in [3.8, 4) is 0 Å². The second-order valence-corrected chi connectivity index (χ2v) is 6.82. The molecule has 0 spiro atoms. The molecule has 1 aromatic rings. The molecule has 0 heterocycles. The first-order valence-corrected chi connectivity index (χ1v) is 7.97. The first kappa shape index (κ1) is 18.7. The third-order valence-electron chi connectivity index (χ3n) is 2.48. The highest BCUT2D eigenvalue weighted by atomic mass is 127. The van der Waals surface area contributed by atoms with Crippen molar-refractivity contribution < 1.29 is 18.7 Å². The highest BCUT2D eigenvalue weighted by Crippen LogP contribution is 2.13. The van der Waals surface area contributed by atoms with Crippen molar-refractivity contribution in [2.24, 2.45) is 0 Å². The summed E-state index contributed by atoms with van der Waals surface area (Å²) in [5.74, 6) is -0.635. The normalized spacial score (nSPS) is 11.0. The molecule has 1 rings (SSSR count). The molecule has 0 unspecified atom stereocenters. The van der Waals surface area contributed by atoms with Crippen LogP contribution in [0.3, 0.4) is 0 Å². The number of rotatable bonds is 5. The Bertz CT molecular complexity index is 544. The summed E-state index contributed by atoms with van der Waals surface area (Å²) in [6.07, 6.45) is 0.0925. The van der Waals surface area contributed by atoms with Gasteiger partial charge < -0.3 is 15.4 Å². The van der Waals surface area contributed by atoms with Gasteiger partial charge in [-0.2, -0.15) is 0 Å². The quantitative estimate of drug-likeness (QED) is 0.566. The highest BCUT2D eigenvalue weighted by Gasteiger charge is 2.15. The van der Waals surface area contributed by atoms with Gasteiger partial charge >= 0.3 is 6.09 Å². The van der Waals surface area contributed by atoms with Crippen molar-refractivity contribution in [1.82, 2.24) is 10.6 Å². The van der Waals surface area contributed by atoms with E-state index in [1.54, 1.807) is 20.8 Å². The fourth-order valence-electron chi connectivity index (χ4n) is 1.56. The second-order valence-electron chi connectivity index (χ2n) is 5.66. The van der Waals surface area contributed by atoms with Crippen LogP contribution in [0, 0.1) is 9.39 Å². The van der Waals surface area contributed by atoms with Gasteiger partial charge in [-0.05, 0) is 68.0 Å². The van der Waals surface area contributed by atoms with Gasteiger partial charge in [0.1, 0.15) is 11.4 Å². The summed E-state index contributed by atoms with van der Waals surface area (Å²) in [4.78, 5) is 23.3. The van der Waals surface area contributed by atoms with Crippen molar-refractivity contribution >= 4 is 34.6 Å². The van der Waals surface area contributed by atoms with Gasteiger partial charge in [-0.3, -0.25) is 4.79 Å². The van der Waals surface area contributed by atoms with Crippen LogP contribution in [0.1, 0.15) is 37.6 Å². The third kappa shape index (κ3) is 7.06. The Labute approximate surface area is 143 Å². The summed E-state index contributed by atoms with van der Waals surface area (Å²) in [5.41, 5.74) is -0.0977. The molecule has 2 amide bonds. The Hall–Kier alpha value is -1.38. The number of hydrogen-bond acceptors (Lipinski definition) is 3. The molecule has 2 N–H and O–H groups in total. The molecular weight excluding hydrogens is 402 g/mol. The van der Waals surface area contributed by atoms with Crippen LogP contribution in [0.5, 0.6) is 0 Å². The van der Waals surface area contributed by atoms with Gasteiger partial charge in [0.15, 0.2) is 0 Å². The number of benzene rings is 1. The Morgan fingerprint density at radius 2 is 1.86 bits per heavy atom. The lowest BCUT2D eigenvalue weighted by Crippen LogP contribution is -2.34. The van der Waals surface area contributed by atoms with E-state index in [2.05, 4.69) is 10.6 Å². The zero-order valence-electron chi connectivity index (χ0n) is 12.8. The van der Waals surface area contributed by atoms with Gasteiger partial charge in [0.25, 0.3) is 5.91 Å². The van der Waals surface area contributed by atoms with Gasteiger partial charge in [-0.1, -0.05) is 0 Å². The first-order valence-electron chi connectivity index (χ1n) is 6.89. The number of ether oxygens (including phenoxy) is 1. The summed E-state index contributed by atoms with van der Waals surface area (Å²) in [6, 6.07) is 4.01. The molecule has 0 bridgehead atoms. The van der Waals surface area contributed by atoms with E-state index in [1.807, 2.05) is 22.6 Å². The van der Waals surface area contributed by atoms with Crippen LogP contribution in [0.2, 0.25) is 0 Å². The molecule has 22 heavy (non-hydrogen) atoms. The van der Waals surface area contributed by atoms with Crippen molar-refractivity contribution in [2.45, 2.75) is 32.8 Å². The van der Waals surface area contributed by atoms with Crippen LogP contribution in [-0.4, -0.2) is 30.7 Å². The molecule has 1 aromatic carbocycles. The molecule has 0 fully saturated rings. The number of carbonyl (C=O) groups is 2. The second kappa shape index (κ2) is 8.30. The molecule has 0 aromatic heterocycles. The molecule has 0 aliphatic heterocycles. The van der Waals surface area contributed by atoms with E-state index in [-0.39, 0.29) is 11.7 Å². The van der Waals surface area contributed by atoms with Crippen molar-refractivity contribution in [1.29, 1.82) is 0 Å². The van der Waals surface area contributed by atoms with Crippen LogP contribution >= 0.6 is 22.6 Å². The van der Waals surface area contributed by atoms with Crippen LogP contribution in [0.25, 0.3) is 0 Å². The predicted molar refractivity (Wildman–Crippen MR) is 90.3 cm³/mol. The zero-order valence-corrected chi connectivity index (χ0v) is 15.0. The number of nitrogens with one attached hydrogen (secondary N) is 2. The van der Waals surface area contributed by atoms with Gasteiger partial charge in [0.2, 0.25) is 0 Å². The number of carbonyl (C=O) groups excluding carboxylic acids is 2. The summed E-state index contributed by atoms with van der Waals surface area (Å²) in [5, 5.41) is 5.33. The van der Waals surface area contributed by atoms with Crippen LogP contribution < -0.4 is 10.6 Å².